The van der Waals surface area contributed by atoms with Crippen molar-refractivity contribution in [3.63, 3.8) is 0 Å². The molecule has 5 aliphatic carbocycles. The molecule has 4 nitrogen and oxygen atoms in total. The molecule has 5 saturated carbocycles. The number of Topliss-reactive ketones (excluding diaryl/α,β-unsaturated/α-hetero) is 1. The van der Waals surface area contributed by atoms with E-state index in [9.17, 15) is 19.8 Å². The summed E-state index contributed by atoms with van der Waals surface area (Å²) >= 11 is 0. The van der Waals surface area contributed by atoms with Crippen LogP contribution in [-0.2, 0) is 9.59 Å². The first kappa shape index (κ1) is 20.0. The Bertz CT molecular complexity index is 718. The molecule has 5 rings (SSSR count). The second-order valence-corrected chi connectivity index (χ2v) is 12.0. The van der Waals surface area contributed by atoms with E-state index in [1.807, 2.05) is 0 Å². The Balaban J connectivity index is 1.39. The van der Waals surface area contributed by atoms with E-state index < -0.39 is 5.97 Å². The average Bonchev–Trinajstić information content (AvgIpc) is 3.39. The summed E-state index contributed by atoms with van der Waals surface area (Å²) in [5.41, 5.74) is 0.410. The lowest BCUT2D eigenvalue weighted by atomic mass is 9.44. The number of carboxylic acid groups (broad SMARTS) is 1. The predicted octanol–water partition coefficient (Wildman–Crippen LogP) is 4.54. The maximum atomic E-state index is 13.4. The summed E-state index contributed by atoms with van der Waals surface area (Å²) in [6.07, 6.45) is 8.72. The molecule has 0 aliphatic heterocycles. The molecule has 0 aromatic carbocycles. The lowest BCUT2D eigenvalue weighted by Gasteiger charge is -2.60. The molecule has 0 radical (unpaired) electrons. The van der Waals surface area contributed by atoms with Crippen LogP contribution in [0.15, 0.2) is 0 Å². The fourth-order valence-corrected chi connectivity index (χ4v) is 9.19. The second kappa shape index (κ2) is 6.55. The number of hydrogen-bond acceptors (Lipinski definition) is 3. The van der Waals surface area contributed by atoms with Gasteiger partial charge >= 0.3 is 5.97 Å². The van der Waals surface area contributed by atoms with Gasteiger partial charge < -0.3 is 10.2 Å². The highest BCUT2D eigenvalue weighted by Gasteiger charge is 2.64. The van der Waals surface area contributed by atoms with Crippen molar-refractivity contribution in [3.8, 4) is 0 Å². The van der Waals surface area contributed by atoms with E-state index in [1.54, 1.807) is 0 Å². The average molecular weight is 403 g/mol. The van der Waals surface area contributed by atoms with Gasteiger partial charge in [0.15, 0.2) is 0 Å². The van der Waals surface area contributed by atoms with Gasteiger partial charge in [-0.3, -0.25) is 9.59 Å². The van der Waals surface area contributed by atoms with Gasteiger partial charge in [0.2, 0.25) is 0 Å². The highest BCUT2D eigenvalue weighted by atomic mass is 16.4. The zero-order valence-electron chi connectivity index (χ0n) is 18.3. The van der Waals surface area contributed by atoms with Gasteiger partial charge in [0.05, 0.1) is 12.0 Å². The first-order valence-corrected chi connectivity index (χ1v) is 12.1. The van der Waals surface area contributed by atoms with Crippen LogP contribution in [0.1, 0.15) is 78.6 Å². The van der Waals surface area contributed by atoms with Crippen LogP contribution in [-0.4, -0.2) is 28.1 Å². The maximum Gasteiger partial charge on any atom is 0.306 e. The van der Waals surface area contributed by atoms with Crippen molar-refractivity contribution in [1.29, 1.82) is 0 Å². The van der Waals surface area contributed by atoms with E-state index in [-0.39, 0.29) is 28.8 Å². The SMILES string of the molecule is C[C@H](C1CC1C(=O)O)[C@H]1CC[C@H]2[C@@H]3C(=O)C[C@@H]4C[C@H](O)CC[C@]4(C)[C@H]3CC[C@]12C. The van der Waals surface area contributed by atoms with Crippen molar-refractivity contribution < 1.29 is 19.8 Å². The summed E-state index contributed by atoms with van der Waals surface area (Å²) in [5.74, 6) is 2.62. The Morgan fingerprint density at radius 2 is 1.72 bits per heavy atom. The third kappa shape index (κ3) is 2.80. The van der Waals surface area contributed by atoms with Crippen molar-refractivity contribution in [1.82, 2.24) is 0 Å². The minimum atomic E-state index is -0.619. The fraction of sp³-hybridized carbons (Fsp3) is 0.920. The number of rotatable bonds is 3. The van der Waals surface area contributed by atoms with Gasteiger partial charge in [-0.15, -0.1) is 0 Å². The van der Waals surface area contributed by atoms with Crippen LogP contribution < -0.4 is 0 Å². The number of ketones is 1. The number of aliphatic hydroxyl groups excluding tert-OH is 1. The molecular formula is C25H38O4. The van der Waals surface area contributed by atoms with E-state index >= 15 is 0 Å². The molecule has 2 N–H and O–H groups in total. The molecule has 0 amide bonds. The summed E-state index contributed by atoms with van der Waals surface area (Å²) < 4.78 is 0. The smallest absolute Gasteiger partial charge is 0.306 e. The molecule has 0 aromatic rings. The van der Waals surface area contributed by atoms with Crippen molar-refractivity contribution >= 4 is 11.8 Å². The standard InChI is InChI=1S/C25H38O4/c1-13(16-12-17(16)23(28)29)18-4-5-19-22-20(7-9-25(18,19)3)24(2)8-6-15(26)10-14(24)11-21(22)27/h13-20,22,26H,4-12H2,1-3H3,(H,28,29)/t13-,14+,15-,16?,17?,18-,19+,20+,22+,24+,25-/m1/s1. The van der Waals surface area contributed by atoms with Gasteiger partial charge in [0.1, 0.15) is 5.78 Å². The minimum absolute atomic E-state index is 0.131. The summed E-state index contributed by atoms with van der Waals surface area (Å²) in [5, 5.41) is 19.6. The largest absolute Gasteiger partial charge is 0.481 e. The lowest BCUT2D eigenvalue weighted by molar-refractivity contribution is -0.160. The van der Waals surface area contributed by atoms with Gasteiger partial charge in [0, 0.05) is 12.3 Å². The molecule has 5 fully saturated rings. The third-order valence-electron chi connectivity index (χ3n) is 11.0. The van der Waals surface area contributed by atoms with Crippen molar-refractivity contribution in [2.45, 2.75) is 84.7 Å². The first-order valence-electron chi connectivity index (χ1n) is 12.1. The van der Waals surface area contributed by atoms with Gasteiger partial charge in [-0.05, 0) is 97.7 Å². The predicted molar refractivity (Wildman–Crippen MR) is 110 cm³/mol. The van der Waals surface area contributed by atoms with Gasteiger partial charge in [-0.2, -0.15) is 0 Å². The van der Waals surface area contributed by atoms with Crippen LogP contribution >= 0.6 is 0 Å². The van der Waals surface area contributed by atoms with Crippen LogP contribution in [0, 0.1) is 58.2 Å². The molecule has 0 saturated heterocycles. The van der Waals surface area contributed by atoms with Crippen LogP contribution in [0.3, 0.4) is 0 Å². The Morgan fingerprint density at radius 1 is 1.03 bits per heavy atom. The molecule has 0 bridgehead atoms. The lowest BCUT2D eigenvalue weighted by Crippen LogP contribution is -2.57. The van der Waals surface area contributed by atoms with Crippen molar-refractivity contribution in [2.75, 3.05) is 0 Å². The fourth-order valence-electron chi connectivity index (χ4n) is 9.19. The number of aliphatic carboxylic acids is 1. The summed E-state index contributed by atoms with van der Waals surface area (Å²) in [6.45, 7) is 7.15. The third-order valence-corrected chi connectivity index (χ3v) is 11.0. The Labute approximate surface area is 174 Å². The van der Waals surface area contributed by atoms with Crippen LogP contribution in [0.4, 0.5) is 0 Å². The maximum absolute atomic E-state index is 13.4. The molecule has 11 atom stereocenters. The summed E-state index contributed by atoms with van der Waals surface area (Å²) in [6, 6.07) is 0. The molecule has 0 aromatic heterocycles. The van der Waals surface area contributed by atoms with E-state index in [1.165, 1.54) is 12.8 Å². The summed E-state index contributed by atoms with van der Waals surface area (Å²) in [7, 11) is 0. The molecular weight excluding hydrogens is 364 g/mol. The molecule has 0 spiro atoms. The minimum Gasteiger partial charge on any atom is -0.481 e. The van der Waals surface area contributed by atoms with E-state index in [0.717, 1.165) is 38.5 Å². The van der Waals surface area contributed by atoms with Crippen molar-refractivity contribution in [2.24, 2.45) is 58.2 Å². The highest BCUT2D eigenvalue weighted by molar-refractivity contribution is 5.83. The number of carboxylic acids is 1. The monoisotopic (exact) mass is 402 g/mol. The van der Waals surface area contributed by atoms with Gasteiger partial charge in [-0.25, -0.2) is 0 Å². The number of hydrogen-bond donors (Lipinski definition) is 2. The highest BCUT2D eigenvalue weighted by Crippen LogP contribution is 2.68. The van der Waals surface area contributed by atoms with E-state index in [4.69, 9.17) is 0 Å². The van der Waals surface area contributed by atoms with Gasteiger partial charge in [-0.1, -0.05) is 20.8 Å². The molecule has 29 heavy (non-hydrogen) atoms. The van der Waals surface area contributed by atoms with E-state index in [2.05, 4.69) is 20.8 Å². The second-order valence-electron chi connectivity index (χ2n) is 12.0. The Hall–Kier alpha value is -0.900. The van der Waals surface area contributed by atoms with Crippen LogP contribution in [0.25, 0.3) is 0 Å². The quantitative estimate of drug-likeness (QED) is 0.727. The normalized spacial score (nSPS) is 54.8. The van der Waals surface area contributed by atoms with Crippen molar-refractivity contribution in [3.05, 3.63) is 0 Å². The zero-order chi connectivity index (χ0) is 20.7. The molecule has 0 heterocycles. The molecule has 4 heteroatoms. The molecule has 2 unspecified atom stereocenters. The topological polar surface area (TPSA) is 74.6 Å². The molecule has 5 aliphatic rings. The number of aliphatic hydroxyl groups is 1. The molecule has 162 valence electrons. The number of fused-ring (bicyclic) bond motifs is 5. The summed E-state index contributed by atoms with van der Waals surface area (Å²) in [4.78, 5) is 24.8. The van der Waals surface area contributed by atoms with Gasteiger partial charge in [0.25, 0.3) is 0 Å². The zero-order valence-corrected chi connectivity index (χ0v) is 18.3. The number of carbonyl (C=O) groups is 2. The Morgan fingerprint density at radius 3 is 2.41 bits per heavy atom. The van der Waals surface area contributed by atoms with E-state index in [0.29, 0.717) is 47.7 Å². The number of carbonyl (C=O) groups excluding carboxylic acids is 1. The van der Waals surface area contributed by atoms with Crippen LogP contribution in [0.2, 0.25) is 0 Å². The first-order chi connectivity index (χ1) is 13.7. The Kier molecular flexibility index (Phi) is 4.52. The van der Waals surface area contributed by atoms with Crippen LogP contribution in [0.5, 0.6) is 0 Å².